The van der Waals surface area contributed by atoms with Gasteiger partial charge in [-0.05, 0) is 55.8 Å². The summed E-state index contributed by atoms with van der Waals surface area (Å²) in [4.78, 5) is 14.6. The van der Waals surface area contributed by atoms with Gasteiger partial charge in [0.25, 0.3) is 5.91 Å². The lowest BCUT2D eigenvalue weighted by Gasteiger charge is -2.33. The SMILES string of the molecule is CN1CCCCC1c1ccc(C(Cl)NC(=O)c2cccc(C(F)(F)F)c2)cc1. The first kappa shape index (κ1) is 20.7. The van der Waals surface area contributed by atoms with E-state index in [4.69, 9.17) is 11.6 Å². The lowest BCUT2D eigenvalue weighted by atomic mass is 9.95. The molecule has 0 radical (unpaired) electrons. The van der Waals surface area contributed by atoms with E-state index in [-0.39, 0.29) is 5.56 Å². The normalized spacial score (nSPS) is 19.2. The summed E-state index contributed by atoms with van der Waals surface area (Å²) >= 11 is 6.28. The maximum absolute atomic E-state index is 12.8. The Balaban J connectivity index is 1.67. The predicted molar refractivity (Wildman–Crippen MR) is 103 cm³/mol. The van der Waals surface area contributed by atoms with Gasteiger partial charge in [0.2, 0.25) is 0 Å². The predicted octanol–water partition coefficient (Wildman–Crippen LogP) is 5.53. The molecule has 1 aliphatic heterocycles. The van der Waals surface area contributed by atoms with E-state index in [1.165, 1.54) is 30.5 Å². The molecule has 1 amide bonds. The van der Waals surface area contributed by atoms with Crippen molar-refractivity contribution in [2.45, 2.75) is 37.0 Å². The molecule has 1 heterocycles. The molecular weight excluding hydrogens is 389 g/mol. The van der Waals surface area contributed by atoms with Gasteiger partial charge in [0.1, 0.15) is 5.50 Å². The van der Waals surface area contributed by atoms with Gasteiger partial charge >= 0.3 is 6.18 Å². The zero-order chi connectivity index (χ0) is 20.3. The molecule has 0 saturated carbocycles. The Labute approximate surface area is 167 Å². The van der Waals surface area contributed by atoms with Gasteiger partial charge in [-0.3, -0.25) is 9.69 Å². The van der Waals surface area contributed by atoms with Crippen LogP contribution in [0.4, 0.5) is 13.2 Å². The molecule has 1 saturated heterocycles. The van der Waals surface area contributed by atoms with Gasteiger partial charge < -0.3 is 5.32 Å². The highest BCUT2D eigenvalue weighted by Crippen LogP contribution is 2.31. The van der Waals surface area contributed by atoms with Gasteiger partial charge in [-0.1, -0.05) is 48.4 Å². The number of rotatable bonds is 4. The molecule has 1 N–H and O–H groups in total. The minimum Gasteiger partial charge on any atom is -0.332 e. The molecule has 3 nitrogen and oxygen atoms in total. The molecule has 150 valence electrons. The maximum Gasteiger partial charge on any atom is 0.416 e. The number of halogens is 4. The number of benzene rings is 2. The quantitative estimate of drug-likeness (QED) is 0.531. The standard InChI is InChI=1S/C21H22ClF3N2O/c1-27-12-3-2-7-18(27)14-8-10-15(11-9-14)19(22)26-20(28)16-5-4-6-17(13-16)21(23,24)25/h4-6,8-11,13,18-19H,2-3,7,12H2,1H3,(H,26,28). The van der Waals surface area contributed by atoms with E-state index in [1.54, 1.807) is 0 Å². The monoisotopic (exact) mass is 410 g/mol. The third-order valence-corrected chi connectivity index (χ3v) is 5.46. The molecule has 1 fully saturated rings. The lowest BCUT2D eigenvalue weighted by molar-refractivity contribution is -0.137. The molecule has 2 aromatic rings. The van der Waals surface area contributed by atoms with Gasteiger partial charge in [-0.2, -0.15) is 13.2 Å². The third-order valence-electron chi connectivity index (χ3n) is 5.09. The van der Waals surface area contributed by atoms with Crippen LogP contribution in [0, 0.1) is 0 Å². The Kier molecular flexibility index (Phi) is 6.30. The number of piperidine rings is 1. The van der Waals surface area contributed by atoms with Crippen LogP contribution in [0.15, 0.2) is 48.5 Å². The largest absolute Gasteiger partial charge is 0.416 e. The van der Waals surface area contributed by atoms with Crippen molar-refractivity contribution < 1.29 is 18.0 Å². The van der Waals surface area contributed by atoms with E-state index < -0.39 is 23.1 Å². The van der Waals surface area contributed by atoms with Crippen molar-refractivity contribution in [2.75, 3.05) is 13.6 Å². The van der Waals surface area contributed by atoms with Crippen LogP contribution in [0.25, 0.3) is 0 Å². The van der Waals surface area contributed by atoms with Crippen molar-refractivity contribution in [3.8, 4) is 0 Å². The second kappa shape index (κ2) is 8.53. The van der Waals surface area contributed by atoms with Crippen molar-refractivity contribution >= 4 is 17.5 Å². The van der Waals surface area contributed by atoms with Crippen molar-refractivity contribution in [1.29, 1.82) is 0 Å². The molecule has 2 unspecified atom stereocenters. The molecule has 28 heavy (non-hydrogen) atoms. The van der Waals surface area contributed by atoms with Gasteiger partial charge in [0, 0.05) is 11.6 Å². The van der Waals surface area contributed by atoms with Crippen LogP contribution in [-0.4, -0.2) is 24.4 Å². The van der Waals surface area contributed by atoms with Crippen LogP contribution >= 0.6 is 11.6 Å². The van der Waals surface area contributed by atoms with Crippen molar-refractivity contribution in [3.05, 3.63) is 70.8 Å². The van der Waals surface area contributed by atoms with Crippen LogP contribution in [0.3, 0.4) is 0 Å². The number of carbonyl (C=O) groups is 1. The molecule has 0 bridgehead atoms. The second-order valence-electron chi connectivity index (χ2n) is 7.07. The molecule has 2 aromatic carbocycles. The van der Waals surface area contributed by atoms with E-state index in [9.17, 15) is 18.0 Å². The third kappa shape index (κ3) is 4.86. The van der Waals surface area contributed by atoms with E-state index >= 15 is 0 Å². The Morgan fingerprint density at radius 2 is 1.89 bits per heavy atom. The summed E-state index contributed by atoms with van der Waals surface area (Å²) < 4.78 is 38.4. The van der Waals surface area contributed by atoms with Crippen molar-refractivity contribution in [1.82, 2.24) is 10.2 Å². The summed E-state index contributed by atoms with van der Waals surface area (Å²) in [6.07, 6.45) is -0.996. The number of carbonyl (C=O) groups excluding carboxylic acids is 1. The highest BCUT2D eigenvalue weighted by molar-refractivity contribution is 6.22. The molecule has 0 aromatic heterocycles. The van der Waals surface area contributed by atoms with Gasteiger partial charge in [-0.15, -0.1) is 0 Å². The van der Waals surface area contributed by atoms with Gasteiger partial charge in [0.05, 0.1) is 5.56 Å². The summed E-state index contributed by atoms with van der Waals surface area (Å²) in [6.45, 7) is 1.07. The Morgan fingerprint density at radius 3 is 2.54 bits per heavy atom. The zero-order valence-corrected chi connectivity index (χ0v) is 16.2. The first-order valence-corrected chi connectivity index (χ1v) is 9.61. The molecular formula is C21H22ClF3N2O. The van der Waals surface area contributed by atoms with Crippen molar-refractivity contribution in [2.24, 2.45) is 0 Å². The zero-order valence-electron chi connectivity index (χ0n) is 15.5. The fraction of sp³-hybridized carbons (Fsp3) is 0.381. The fourth-order valence-electron chi connectivity index (χ4n) is 3.50. The number of nitrogens with zero attached hydrogens (tertiary/aromatic N) is 1. The number of nitrogens with one attached hydrogen (secondary N) is 1. The van der Waals surface area contributed by atoms with Crippen molar-refractivity contribution in [3.63, 3.8) is 0 Å². The van der Waals surface area contributed by atoms with Crippen LogP contribution in [0.2, 0.25) is 0 Å². The molecule has 0 spiro atoms. The number of likely N-dealkylation sites (tertiary alicyclic amines) is 1. The summed E-state index contributed by atoms with van der Waals surface area (Å²) in [5.74, 6) is -0.651. The summed E-state index contributed by atoms with van der Waals surface area (Å²) in [6, 6.07) is 12.3. The highest BCUT2D eigenvalue weighted by Gasteiger charge is 2.31. The molecule has 3 rings (SSSR count). The van der Waals surface area contributed by atoms with Crippen LogP contribution in [0.1, 0.15) is 57.9 Å². The minimum absolute atomic E-state index is 0.0825. The first-order valence-electron chi connectivity index (χ1n) is 9.18. The highest BCUT2D eigenvalue weighted by atomic mass is 35.5. The average Bonchev–Trinajstić information content (AvgIpc) is 2.68. The maximum atomic E-state index is 12.8. The first-order chi connectivity index (χ1) is 13.3. The van der Waals surface area contributed by atoms with Gasteiger partial charge in [-0.25, -0.2) is 0 Å². The van der Waals surface area contributed by atoms with E-state index in [0.717, 1.165) is 25.1 Å². The smallest absolute Gasteiger partial charge is 0.332 e. The minimum atomic E-state index is -4.50. The van der Waals surface area contributed by atoms with E-state index in [0.29, 0.717) is 11.6 Å². The Morgan fingerprint density at radius 1 is 1.18 bits per heavy atom. The van der Waals surface area contributed by atoms with Crippen LogP contribution < -0.4 is 5.32 Å². The number of alkyl halides is 4. The number of hydrogen-bond donors (Lipinski definition) is 1. The molecule has 0 aliphatic carbocycles. The summed E-state index contributed by atoms with van der Waals surface area (Å²) in [7, 11) is 2.11. The number of hydrogen-bond acceptors (Lipinski definition) is 2. The van der Waals surface area contributed by atoms with Crippen LogP contribution in [0.5, 0.6) is 0 Å². The fourth-order valence-corrected chi connectivity index (χ4v) is 3.75. The van der Waals surface area contributed by atoms with E-state index in [1.807, 2.05) is 24.3 Å². The Hall–Kier alpha value is -2.05. The van der Waals surface area contributed by atoms with Gasteiger partial charge in [0.15, 0.2) is 0 Å². The lowest BCUT2D eigenvalue weighted by Crippen LogP contribution is -2.29. The summed E-state index contributed by atoms with van der Waals surface area (Å²) in [5, 5.41) is 2.55. The molecule has 7 heteroatoms. The molecule has 1 aliphatic rings. The Bertz CT molecular complexity index is 823. The second-order valence-corrected chi connectivity index (χ2v) is 7.51. The number of amides is 1. The van der Waals surface area contributed by atoms with Crippen LogP contribution in [-0.2, 0) is 6.18 Å². The average molecular weight is 411 g/mol. The molecule has 2 atom stereocenters. The topological polar surface area (TPSA) is 32.3 Å². The van der Waals surface area contributed by atoms with E-state index in [2.05, 4.69) is 17.3 Å². The summed E-state index contributed by atoms with van der Waals surface area (Å²) in [5.41, 5.74) is 0.0940.